The predicted molar refractivity (Wildman–Crippen MR) is 99.0 cm³/mol. The van der Waals surface area contributed by atoms with Crippen molar-refractivity contribution >= 4 is 32.6 Å². The van der Waals surface area contributed by atoms with Crippen molar-refractivity contribution in [2.24, 2.45) is 0 Å². The number of benzene rings is 2. The van der Waals surface area contributed by atoms with Gasteiger partial charge in [0.1, 0.15) is 23.2 Å². The Labute approximate surface area is 156 Å². The first-order valence-electron chi connectivity index (χ1n) is 7.90. The third-order valence-electron chi connectivity index (χ3n) is 3.92. The molecule has 0 aliphatic heterocycles. The summed E-state index contributed by atoms with van der Waals surface area (Å²) in [6.45, 7) is 0.0458. The lowest BCUT2D eigenvalue weighted by molar-refractivity contribution is 0.144. The standard InChI is InChI=1S/C18H18ClNO5S/c1-24-17-7-6-13(11-14(17)19)26(22,23)20-9-8-15(21)18-10-12-4-2-3-5-16(12)25-18/h2-7,10-11,15,20-21H,8-9H2,1H3/t15-/m1/s1. The molecule has 26 heavy (non-hydrogen) atoms. The lowest BCUT2D eigenvalue weighted by Crippen LogP contribution is -2.26. The van der Waals surface area contributed by atoms with Crippen LogP contribution in [0.25, 0.3) is 11.0 Å². The van der Waals surface area contributed by atoms with Crippen LogP contribution in [0.4, 0.5) is 0 Å². The number of para-hydroxylation sites is 1. The van der Waals surface area contributed by atoms with Crippen LogP contribution in [0.3, 0.4) is 0 Å². The minimum Gasteiger partial charge on any atom is -0.495 e. The van der Waals surface area contributed by atoms with Crippen LogP contribution in [-0.2, 0) is 10.0 Å². The van der Waals surface area contributed by atoms with Gasteiger partial charge in [-0.3, -0.25) is 0 Å². The summed E-state index contributed by atoms with van der Waals surface area (Å²) in [4.78, 5) is 0.0292. The van der Waals surface area contributed by atoms with Crippen molar-refractivity contribution in [2.75, 3.05) is 13.7 Å². The van der Waals surface area contributed by atoms with E-state index in [0.29, 0.717) is 17.1 Å². The molecule has 8 heteroatoms. The number of sulfonamides is 1. The molecule has 3 aromatic rings. The maximum Gasteiger partial charge on any atom is 0.240 e. The van der Waals surface area contributed by atoms with Crippen LogP contribution in [0.15, 0.2) is 57.8 Å². The molecule has 3 rings (SSSR count). The van der Waals surface area contributed by atoms with Crippen molar-refractivity contribution < 1.29 is 22.7 Å². The molecule has 0 aliphatic carbocycles. The van der Waals surface area contributed by atoms with Crippen LogP contribution in [0, 0.1) is 0 Å². The molecule has 138 valence electrons. The Morgan fingerprint density at radius 3 is 2.69 bits per heavy atom. The predicted octanol–water partition coefficient (Wildman–Crippen LogP) is 3.50. The highest BCUT2D eigenvalue weighted by molar-refractivity contribution is 7.89. The van der Waals surface area contributed by atoms with Gasteiger partial charge < -0.3 is 14.3 Å². The van der Waals surface area contributed by atoms with E-state index in [2.05, 4.69) is 4.72 Å². The first-order chi connectivity index (χ1) is 12.4. The topological polar surface area (TPSA) is 88.8 Å². The number of methoxy groups -OCH3 is 1. The zero-order valence-electron chi connectivity index (χ0n) is 14.0. The fraction of sp³-hybridized carbons (Fsp3) is 0.222. The lowest BCUT2D eigenvalue weighted by Gasteiger charge is -2.11. The molecule has 0 unspecified atom stereocenters. The number of aliphatic hydroxyl groups excluding tert-OH is 1. The number of fused-ring (bicyclic) bond motifs is 1. The molecule has 2 aromatic carbocycles. The van der Waals surface area contributed by atoms with Crippen molar-refractivity contribution in [3.63, 3.8) is 0 Å². The smallest absolute Gasteiger partial charge is 0.240 e. The van der Waals surface area contributed by atoms with Crippen LogP contribution in [0.2, 0.25) is 5.02 Å². The van der Waals surface area contributed by atoms with Crippen LogP contribution in [-0.4, -0.2) is 27.2 Å². The summed E-state index contributed by atoms with van der Waals surface area (Å²) in [6.07, 6.45) is -0.743. The zero-order chi connectivity index (χ0) is 18.7. The second kappa shape index (κ2) is 7.67. The van der Waals surface area contributed by atoms with Gasteiger partial charge in [-0.2, -0.15) is 0 Å². The molecule has 1 aromatic heterocycles. The van der Waals surface area contributed by atoms with Crippen LogP contribution in [0.5, 0.6) is 5.75 Å². The molecular formula is C18H18ClNO5S. The Hall–Kier alpha value is -2.06. The van der Waals surface area contributed by atoms with E-state index >= 15 is 0 Å². The second-order valence-corrected chi connectivity index (χ2v) is 7.86. The number of rotatable bonds is 7. The highest BCUT2D eigenvalue weighted by Crippen LogP contribution is 2.27. The quantitative estimate of drug-likeness (QED) is 0.639. The van der Waals surface area contributed by atoms with Crippen molar-refractivity contribution in [1.29, 1.82) is 0 Å². The summed E-state index contributed by atoms with van der Waals surface area (Å²) in [5, 5.41) is 11.3. The van der Waals surface area contributed by atoms with Gasteiger partial charge in [-0.25, -0.2) is 13.1 Å². The van der Waals surface area contributed by atoms with Gasteiger partial charge in [0.2, 0.25) is 10.0 Å². The number of furan rings is 1. The second-order valence-electron chi connectivity index (χ2n) is 5.69. The minimum atomic E-state index is -3.74. The van der Waals surface area contributed by atoms with Gasteiger partial charge in [0.05, 0.1) is 17.0 Å². The fourth-order valence-corrected chi connectivity index (χ4v) is 3.93. The summed E-state index contributed by atoms with van der Waals surface area (Å²) in [5.74, 6) is 0.795. The number of ether oxygens (including phenoxy) is 1. The Kier molecular flexibility index (Phi) is 5.52. The van der Waals surface area contributed by atoms with E-state index in [1.807, 2.05) is 24.3 Å². The molecule has 6 nitrogen and oxygen atoms in total. The molecule has 0 fully saturated rings. The van der Waals surface area contributed by atoms with Crippen LogP contribution >= 0.6 is 11.6 Å². The van der Waals surface area contributed by atoms with Gasteiger partial charge in [-0.05, 0) is 36.8 Å². The number of hydrogen-bond acceptors (Lipinski definition) is 5. The molecule has 0 saturated carbocycles. The largest absolute Gasteiger partial charge is 0.495 e. The summed E-state index contributed by atoms with van der Waals surface area (Å²) in [5.41, 5.74) is 0.676. The molecule has 0 saturated heterocycles. The minimum absolute atomic E-state index is 0.0292. The SMILES string of the molecule is COc1ccc(S(=O)(=O)NCC[C@@H](O)c2cc3ccccc3o2)cc1Cl. The molecule has 2 N–H and O–H groups in total. The first kappa shape index (κ1) is 18.7. The van der Waals surface area contributed by atoms with Gasteiger partial charge >= 0.3 is 0 Å². The molecule has 1 atom stereocenters. The number of nitrogens with one attached hydrogen (secondary N) is 1. The van der Waals surface area contributed by atoms with Gasteiger partial charge in [0.15, 0.2) is 0 Å². The summed E-state index contributed by atoms with van der Waals surface area (Å²) in [6, 6.07) is 13.4. The molecule has 0 spiro atoms. The maximum absolute atomic E-state index is 12.3. The summed E-state index contributed by atoms with van der Waals surface area (Å²) >= 11 is 5.97. The number of hydrogen-bond donors (Lipinski definition) is 2. The fourth-order valence-electron chi connectivity index (χ4n) is 2.54. The van der Waals surface area contributed by atoms with Gasteiger partial charge in [-0.15, -0.1) is 0 Å². The Morgan fingerprint density at radius 1 is 1.23 bits per heavy atom. The maximum atomic E-state index is 12.3. The Morgan fingerprint density at radius 2 is 2.00 bits per heavy atom. The van der Waals surface area contributed by atoms with Gasteiger partial charge in [0.25, 0.3) is 0 Å². The van der Waals surface area contributed by atoms with Gasteiger partial charge in [-0.1, -0.05) is 29.8 Å². The van der Waals surface area contributed by atoms with Crippen molar-refractivity contribution in [2.45, 2.75) is 17.4 Å². The Balaban J connectivity index is 1.63. The zero-order valence-corrected chi connectivity index (χ0v) is 15.5. The highest BCUT2D eigenvalue weighted by atomic mass is 35.5. The molecule has 0 amide bonds. The lowest BCUT2D eigenvalue weighted by atomic mass is 10.2. The van der Waals surface area contributed by atoms with Gasteiger partial charge in [0, 0.05) is 11.9 Å². The van der Waals surface area contributed by atoms with E-state index in [4.69, 9.17) is 20.8 Å². The third-order valence-corrected chi connectivity index (χ3v) is 5.67. The number of halogens is 1. The third kappa shape index (κ3) is 4.02. The van der Waals surface area contributed by atoms with E-state index in [-0.39, 0.29) is 22.9 Å². The molecule has 0 bridgehead atoms. The van der Waals surface area contributed by atoms with Crippen molar-refractivity contribution in [3.05, 3.63) is 59.3 Å². The average Bonchev–Trinajstić information content (AvgIpc) is 3.05. The normalized spacial score (nSPS) is 13.0. The summed E-state index contributed by atoms with van der Waals surface area (Å²) in [7, 11) is -2.29. The summed E-state index contributed by atoms with van der Waals surface area (Å²) < 4.78 is 37.7. The molecule has 1 heterocycles. The number of aliphatic hydroxyl groups is 1. The van der Waals surface area contributed by atoms with Crippen LogP contribution < -0.4 is 9.46 Å². The van der Waals surface area contributed by atoms with E-state index < -0.39 is 16.1 Å². The van der Waals surface area contributed by atoms with E-state index in [0.717, 1.165) is 5.39 Å². The molecular weight excluding hydrogens is 378 g/mol. The molecule has 0 aliphatic rings. The van der Waals surface area contributed by atoms with Crippen molar-refractivity contribution in [1.82, 2.24) is 4.72 Å². The average molecular weight is 396 g/mol. The van der Waals surface area contributed by atoms with E-state index in [9.17, 15) is 13.5 Å². The van der Waals surface area contributed by atoms with Crippen LogP contribution in [0.1, 0.15) is 18.3 Å². The monoisotopic (exact) mass is 395 g/mol. The first-order valence-corrected chi connectivity index (χ1v) is 9.76. The van der Waals surface area contributed by atoms with E-state index in [1.165, 1.54) is 25.3 Å². The highest BCUT2D eigenvalue weighted by Gasteiger charge is 2.18. The van der Waals surface area contributed by atoms with E-state index in [1.54, 1.807) is 6.07 Å². The molecule has 0 radical (unpaired) electrons. The Bertz CT molecular complexity index is 982. The van der Waals surface area contributed by atoms with Crippen molar-refractivity contribution in [3.8, 4) is 5.75 Å².